The van der Waals surface area contributed by atoms with Crippen molar-refractivity contribution >= 4 is 5.78 Å². The number of carbonyl (C=O) groups is 1. The molecule has 0 heterocycles. The number of hydrogen-bond acceptors (Lipinski definition) is 1. The molecular formula is C11H20O. The van der Waals surface area contributed by atoms with Gasteiger partial charge in [-0.1, -0.05) is 27.7 Å². The fourth-order valence-corrected chi connectivity index (χ4v) is 2.01. The summed E-state index contributed by atoms with van der Waals surface area (Å²) < 4.78 is 0. The number of carbonyl (C=O) groups excluding carboxylic acids is 1. The summed E-state index contributed by atoms with van der Waals surface area (Å²) in [6.07, 6.45) is 1.91. The van der Waals surface area contributed by atoms with Crippen LogP contribution in [-0.4, -0.2) is 5.78 Å². The van der Waals surface area contributed by atoms with Crippen molar-refractivity contribution < 1.29 is 4.79 Å². The van der Waals surface area contributed by atoms with Crippen LogP contribution in [0.2, 0.25) is 0 Å². The summed E-state index contributed by atoms with van der Waals surface area (Å²) in [5.41, 5.74) is 0. The minimum absolute atomic E-state index is 0.391. The first-order valence-electron chi connectivity index (χ1n) is 5.05. The van der Waals surface area contributed by atoms with Crippen molar-refractivity contribution in [2.45, 2.75) is 40.5 Å². The molecule has 0 aromatic rings. The number of hydrogen-bond donors (Lipinski definition) is 0. The van der Waals surface area contributed by atoms with Crippen LogP contribution >= 0.6 is 0 Å². The third-order valence-corrected chi connectivity index (χ3v) is 3.18. The highest BCUT2D eigenvalue weighted by molar-refractivity contribution is 5.82. The zero-order valence-corrected chi connectivity index (χ0v) is 8.63. The first-order chi connectivity index (χ1) is 5.52. The minimum Gasteiger partial charge on any atom is -0.299 e. The molecule has 0 aromatic carbocycles. The molecule has 0 radical (unpaired) electrons. The Labute approximate surface area is 75.5 Å². The van der Waals surface area contributed by atoms with Crippen molar-refractivity contribution in [2.24, 2.45) is 23.7 Å². The zero-order chi connectivity index (χ0) is 9.30. The van der Waals surface area contributed by atoms with Crippen LogP contribution in [0.1, 0.15) is 40.5 Å². The van der Waals surface area contributed by atoms with Crippen molar-refractivity contribution in [3.05, 3.63) is 0 Å². The van der Waals surface area contributed by atoms with Gasteiger partial charge in [-0.15, -0.1) is 0 Å². The lowest BCUT2D eigenvalue weighted by molar-refractivity contribution is -0.130. The molecule has 1 heteroatoms. The minimum atomic E-state index is 0.391. The fourth-order valence-electron chi connectivity index (χ4n) is 2.01. The SMILES string of the molecule is CC(C)CC(=O)C1CC(C)C1C. The Bertz CT molecular complexity index is 172. The maximum absolute atomic E-state index is 11.6. The molecule has 1 nitrogen and oxygen atoms in total. The molecule has 0 saturated heterocycles. The van der Waals surface area contributed by atoms with Crippen LogP contribution in [0.25, 0.3) is 0 Å². The molecule has 1 fully saturated rings. The van der Waals surface area contributed by atoms with Crippen LogP contribution in [-0.2, 0) is 4.79 Å². The molecule has 0 spiro atoms. The summed E-state index contributed by atoms with van der Waals surface area (Å²) in [6, 6.07) is 0. The highest BCUT2D eigenvalue weighted by Gasteiger charge is 2.38. The van der Waals surface area contributed by atoms with Gasteiger partial charge >= 0.3 is 0 Å². The average Bonchev–Trinajstić information content (AvgIpc) is 1.97. The lowest BCUT2D eigenvalue weighted by Crippen LogP contribution is -2.38. The Morgan fingerprint density at radius 1 is 1.42 bits per heavy atom. The monoisotopic (exact) mass is 168 g/mol. The van der Waals surface area contributed by atoms with Gasteiger partial charge in [0, 0.05) is 12.3 Å². The summed E-state index contributed by atoms with van der Waals surface area (Å²) in [6.45, 7) is 8.68. The Balaban J connectivity index is 2.35. The van der Waals surface area contributed by atoms with Crippen molar-refractivity contribution in [3.63, 3.8) is 0 Å². The first-order valence-corrected chi connectivity index (χ1v) is 5.05. The van der Waals surface area contributed by atoms with Gasteiger partial charge in [-0.05, 0) is 24.2 Å². The molecular weight excluding hydrogens is 148 g/mol. The van der Waals surface area contributed by atoms with Crippen molar-refractivity contribution in [1.29, 1.82) is 0 Å². The van der Waals surface area contributed by atoms with Gasteiger partial charge in [0.05, 0.1) is 0 Å². The van der Waals surface area contributed by atoms with E-state index < -0.39 is 0 Å². The fraction of sp³-hybridized carbons (Fsp3) is 0.909. The van der Waals surface area contributed by atoms with E-state index in [0.29, 0.717) is 23.5 Å². The van der Waals surface area contributed by atoms with Crippen molar-refractivity contribution in [2.75, 3.05) is 0 Å². The molecule has 0 N–H and O–H groups in total. The van der Waals surface area contributed by atoms with E-state index in [0.717, 1.165) is 18.8 Å². The molecule has 0 aliphatic heterocycles. The third kappa shape index (κ3) is 1.88. The lowest BCUT2D eigenvalue weighted by Gasteiger charge is -2.40. The zero-order valence-electron chi connectivity index (χ0n) is 8.63. The summed E-state index contributed by atoms with van der Waals surface area (Å²) in [5.74, 6) is 2.82. The molecule has 1 aliphatic carbocycles. The normalized spacial score (nSPS) is 34.9. The predicted molar refractivity (Wildman–Crippen MR) is 50.9 cm³/mol. The molecule has 70 valence electrons. The van der Waals surface area contributed by atoms with Gasteiger partial charge in [0.25, 0.3) is 0 Å². The maximum Gasteiger partial charge on any atom is 0.136 e. The largest absolute Gasteiger partial charge is 0.299 e. The van der Waals surface area contributed by atoms with Crippen LogP contribution < -0.4 is 0 Å². The van der Waals surface area contributed by atoms with Gasteiger partial charge < -0.3 is 0 Å². The van der Waals surface area contributed by atoms with Gasteiger partial charge in [-0.3, -0.25) is 4.79 Å². The van der Waals surface area contributed by atoms with E-state index in [-0.39, 0.29) is 0 Å². The second-order valence-electron chi connectivity index (χ2n) is 4.74. The van der Waals surface area contributed by atoms with Crippen LogP contribution in [0.3, 0.4) is 0 Å². The predicted octanol–water partition coefficient (Wildman–Crippen LogP) is 2.89. The van der Waals surface area contributed by atoms with Crippen molar-refractivity contribution in [1.82, 2.24) is 0 Å². The van der Waals surface area contributed by atoms with Crippen LogP contribution in [0.4, 0.5) is 0 Å². The van der Waals surface area contributed by atoms with E-state index in [4.69, 9.17) is 0 Å². The van der Waals surface area contributed by atoms with Crippen LogP contribution in [0, 0.1) is 23.7 Å². The molecule has 3 unspecified atom stereocenters. The van der Waals surface area contributed by atoms with E-state index in [1.807, 2.05) is 0 Å². The second kappa shape index (κ2) is 3.59. The van der Waals surface area contributed by atoms with E-state index in [9.17, 15) is 4.79 Å². The smallest absolute Gasteiger partial charge is 0.136 e. The summed E-state index contributed by atoms with van der Waals surface area (Å²) >= 11 is 0. The maximum atomic E-state index is 11.6. The Kier molecular flexibility index (Phi) is 2.92. The highest BCUT2D eigenvalue weighted by atomic mass is 16.1. The first kappa shape index (κ1) is 9.76. The molecule has 12 heavy (non-hydrogen) atoms. The molecule has 1 rings (SSSR count). The van der Waals surface area contributed by atoms with Gasteiger partial charge in [-0.2, -0.15) is 0 Å². The van der Waals surface area contributed by atoms with Crippen molar-refractivity contribution in [3.8, 4) is 0 Å². The quantitative estimate of drug-likeness (QED) is 0.633. The average molecular weight is 168 g/mol. The molecule has 0 amide bonds. The summed E-state index contributed by atoms with van der Waals surface area (Å²) in [7, 11) is 0. The molecule has 1 saturated carbocycles. The Morgan fingerprint density at radius 2 is 2.00 bits per heavy atom. The number of rotatable bonds is 3. The van der Waals surface area contributed by atoms with Crippen LogP contribution in [0.5, 0.6) is 0 Å². The van der Waals surface area contributed by atoms with Gasteiger partial charge in [0.2, 0.25) is 0 Å². The molecule has 3 atom stereocenters. The Hall–Kier alpha value is -0.330. The third-order valence-electron chi connectivity index (χ3n) is 3.18. The molecule has 1 aliphatic rings. The lowest BCUT2D eigenvalue weighted by atomic mass is 9.64. The van der Waals surface area contributed by atoms with E-state index in [2.05, 4.69) is 27.7 Å². The van der Waals surface area contributed by atoms with Gasteiger partial charge in [0.15, 0.2) is 0 Å². The van der Waals surface area contributed by atoms with Crippen LogP contribution in [0.15, 0.2) is 0 Å². The molecule has 0 aromatic heterocycles. The standard InChI is InChI=1S/C11H20O/c1-7(2)5-11(12)10-6-8(3)9(10)4/h7-10H,5-6H2,1-4H3. The highest BCUT2D eigenvalue weighted by Crippen LogP contribution is 2.41. The van der Waals surface area contributed by atoms with E-state index >= 15 is 0 Å². The number of ketones is 1. The van der Waals surface area contributed by atoms with Gasteiger partial charge in [0.1, 0.15) is 5.78 Å². The summed E-state index contributed by atoms with van der Waals surface area (Å²) in [5, 5.41) is 0. The van der Waals surface area contributed by atoms with E-state index in [1.165, 1.54) is 0 Å². The summed E-state index contributed by atoms with van der Waals surface area (Å²) in [4.78, 5) is 11.6. The number of Topliss-reactive ketones (excluding diaryl/α,β-unsaturated/α-hetero) is 1. The Morgan fingerprint density at radius 3 is 2.33 bits per heavy atom. The van der Waals surface area contributed by atoms with Gasteiger partial charge in [-0.25, -0.2) is 0 Å². The van der Waals surface area contributed by atoms with E-state index in [1.54, 1.807) is 0 Å². The molecule has 0 bridgehead atoms. The topological polar surface area (TPSA) is 17.1 Å². The second-order valence-corrected chi connectivity index (χ2v) is 4.74.